The minimum absolute atomic E-state index is 0.0266. The molecule has 0 saturated heterocycles. The van der Waals surface area contributed by atoms with E-state index in [1.807, 2.05) is 0 Å². The van der Waals surface area contributed by atoms with Crippen LogP contribution in [0.1, 0.15) is 15.9 Å². The molecule has 0 radical (unpaired) electrons. The van der Waals surface area contributed by atoms with Crippen LogP contribution in [0.25, 0.3) is 0 Å². The molecule has 0 fully saturated rings. The summed E-state index contributed by atoms with van der Waals surface area (Å²) >= 11 is 5.72. The lowest BCUT2D eigenvalue weighted by Gasteiger charge is -2.16. The molecule has 9 heteroatoms. The van der Waals surface area contributed by atoms with E-state index in [1.165, 1.54) is 11.0 Å². The summed E-state index contributed by atoms with van der Waals surface area (Å²) in [7, 11) is 3.31. The van der Waals surface area contributed by atoms with Crippen molar-refractivity contribution in [1.29, 1.82) is 0 Å². The smallest absolute Gasteiger partial charge is 0.300 e. The molecule has 0 unspecified atom stereocenters. The fourth-order valence-corrected chi connectivity index (χ4v) is 2.00. The van der Waals surface area contributed by atoms with E-state index in [0.29, 0.717) is 0 Å². The molecule has 2 rings (SSSR count). The molecule has 0 aliphatic rings. The van der Waals surface area contributed by atoms with E-state index in [0.717, 1.165) is 11.8 Å². The molecule has 0 aliphatic heterocycles. The molecule has 1 amide bonds. The van der Waals surface area contributed by atoms with Crippen molar-refractivity contribution in [2.24, 2.45) is 7.05 Å². The molecule has 110 valence electrons. The topological polar surface area (TPSA) is 94.2 Å². The highest BCUT2D eigenvalue weighted by Crippen LogP contribution is 2.22. The summed E-state index contributed by atoms with van der Waals surface area (Å²) in [4.78, 5) is 27.6. The first kappa shape index (κ1) is 14.9. The summed E-state index contributed by atoms with van der Waals surface area (Å²) in [5.41, 5.74) is 0.352. The fourth-order valence-electron chi connectivity index (χ4n) is 1.84. The molecule has 21 heavy (non-hydrogen) atoms. The Morgan fingerprint density at radius 1 is 1.52 bits per heavy atom. The molecule has 2 aromatic rings. The maximum absolute atomic E-state index is 12.3. The van der Waals surface area contributed by atoms with Gasteiger partial charge in [0.2, 0.25) is 0 Å². The number of pyridine rings is 1. The zero-order valence-corrected chi connectivity index (χ0v) is 12.1. The number of hydrogen-bond acceptors (Lipinski definition) is 5. The van der Waals surface area contributed by atoms with Crippen molar-refractivity contribution in [3.05, 3.63) is 51.1 Å². The number of amides is 1. The second kappa shape index (κ2) is 5.88. The second-order valence-electron chi connectivity index (χ2n) is 4.46. The van der Waals surface area contributed by atoms with Gasteiger partial charge in [0.05, 0.1) is 11.1 Å². The monoisotopic (exact) mass is 309 g/mol. The van der Waals surface area contributed by atoms with Crippen LogP contribution in [-0.4, -0.2) is 37.5 Å². The first-order valence-corrected chi connectivity index (χ1v) is 6.29. The first-order chi connectivity index (χ1) is 9.88. The molecule has 0 saturated carbocycles. The van der Waals surface area contributed by atoms with E-state index in [2.05, 4.69) is 10.1 Å². The molecular weight excluding hydrogens is 298 g/mol. The standard InChI is InChI=1S/C12H12ClN5O3/c1-16(6-8-4-15-17(2)7-8)12(19)9-3-11(13)14-5-10(9)18(20)21/h3-5,7H,6H2,1-2H3. The van der Waals surface area contributed by atoms with E-state index in [-0.39, 0.29) is 22.9 Å². The summed E-state index contributed by atoms with van der Waals surface area (Å²) < 4.78 is 1.61. The summed E-state index contributed by atoms with van der Waals surface area (Å²) in [5.74, 6) is -0.505. The Morgan fingerprint density at radius 2 is 2.24 bits per heavy atom. The van der Waals surface area contributed by atoms with Crippen molar-refractivity contribution in [3.8, 4) is 0 Å². The fraction of sp³-hybridized carbons (Fsp3) is 0.250. The van der Waals surface area contributed by atoms with Crippen LogP contribution in [0.15, 0.2) is 24.7 Å². The number of hydrogen-bond donors (Lipinski definition) is 0. The lowest BCUT2D eigenvalue weighted by Crippen LogP contribution is -2.26. The number of carbonyl (C=O) groups is 1. The van der Waals surface area contributed by atoms with Gasteiger partial charge in [-0.2, -0.15) is 5.10 Å². The van der Waals surface area contributed by atoms with Crippen LogP contribution in [0.2, 0.25) is 5.15 Å². The van der Waals surface area contributed by atoms with Gasteiger partial charge in [0.15, 0.2) is 0 Å². The quantitative estimate of drug-likeness (QED) is 0.486. The molecule has 2 aromatic heterocycles. The molecule has 0 bridgehead atoms. The lowest BCUT2D eigenvalue weighted by molar-refractivity contribution is -0.385. The van der Waals surface area contributed by atoms with Gasteiger partial charge in [-0.25, -0.2) is 4.98 Å². The highest BCUT2D eigenvalue weighted by molar-refractivity contribution is 6.29. The molecule has 0 spiro atoms. The van der Waals surface area contributed by atoms with E-state index in [4.69, 9.17) is 11.6 Å². The number of aromatic nitrogens is 3. The Kier molecular flexibility index (Phi) is 4.18. The van der Waals surface area contributed by atoms with Crippen LogP contribution in [0.3, 0.4) is 0 Å². The van der Waals surface area contributed by atoms with Crippen molar-refractivity contribution in [1.82, 2.24) is 19.7 Å². The zero-order chi connectivity index (χ0) is 15.6. The number of carbonyl (C=O) groups excluding carboxylic acids is 1. The maximum atomic E-state index is 12.3. The number of halogens is 1. The van der Waals surface area contributed by atoms with Crippen molar-refractivity contribution in [2.75, 3.05) is 7.05 Å². The molecule has 0 N–H and O–H groups in total. The number of aryl methyl sites for hydroxylation is 1. The van der Waals surface area contributed by atoms with Crippen molar-refractivity contribution >= 4 is 23.2 Å². The average molecular weight is 310 g/mol. The van der Waals surface area contributed by atoms with Crippen LogP contribution in [-0.2, 0) is 13.6 Å². The molecule has 0 aliphatic carbocycles. The summed E-state index contributed by atoms with van der Waals surface area (Å²) in [5, 5.41) is 15.0. The third-order valence-corrected chi connectivity index (χ3v) is 3.01. The van der Waals surface area contributed by atoms with E-state index in [9.17, 15) is 14.9 Å². The Hall–Kier alpha value is -2.48. The number of nitrogens with zero attached hydrogens (tertiary/aromatic N) is 5. The lowest BCUT2D eigenvalue weighted by atomic mass is 10.2. The van der Waals surface area contributed by atoms with Crippen molar-refractivity contribution < 1.29 is 9.72 Å². The number of nitro groups is 1. The maximum Gasteiger partial charge on any atom is 0.300 e. The first-order valence-electron chi connectivity index (χ1n) is 5.91. The van der Waals surface area contributed by atoms with Gasteiger partial charge in [-0.05, 0) is 6.07 Å². The minimum Gasteiger partial charge on any atom is -0.337 e. The van der Waals surface area contributed by atoms with Crippen molar-refractivity contribution in [2.45, 2.75) is 6.54 Å². The molecule has 2 heterocycles. The Balaban J connectivity index is 2.26. The summed E-state index contributed by atoms with van der Waals surface area (Å²) in [6.07, 6.45) is 4.36. The van der Waals surface area contributed by atoms with Crippen LogP contribution < -0.4 is 0 Å². The second-order valence-corrected chi connectivity index (χ2v) is 4.85. The number of rotatable bonds is 4. The van der Waals surface area contributed by atoms with E-state index < -0.39 is 10.8 Å². The van der Waals surface area contributed by atoms with Gasteiger partial charge in [-0.15, -0.1) is 0 Å². The third-order valence-electron chi connectivity index (χ3n) is 2.80. The van der Waals surface area contributed by atoms with Gasteiger partial charge < -0.3 is 4.90 Å². The van der Waals surface area contributed by atoms with E-state index in [1.54, 1.807) is 31.2 Å². The third kappa shape index (κ3) is 3.34. The largest absolute Gasteiger partial charge is 0.337 e. The molecular formula is C12H12ClN5O3. The van der Waals surface area contributed by atoms with Crippen LogP contribution in [0.4, 0.5) is 5.69 Å². The minimum atomic E-state index is -0.658. The molecule has 8 nitrogen and oxygen atoms in total. The van der Waals surface area contributed by atoms with Gasteiger partial charge in [0.1, 0.15) is 16.9 Å². The molecule has 0 atom stereocenters. The van der Waals surface area contributed by atoms with Crippen LogP contribution in [0.5, 0.6) is 0 Å². The highest BCUT2D eigenvalue weighted by Gasteiger charge is 2.24. The average Bonchev–Trinajstić information content (AvgIpc) is 2.82. The van der Waals surface area contributed by atoms with Crippen LogP contribution in [0, 0.1) is 10.1 Å². The SMILES string of the molecule is CN(Cc1cnn(C)c1)C(=O)c1cc(Cl)ncc1[N+](=O)[O-]. The Morgan fingerprint density at radius 3 is 2.81 bits per heavy atom. The normalized spacial score (nSPS) is 10.4. The Labute approximate surface area is 125 Å². The summed E-state index contributed by atoms with van der Waals surface area (Å²) in [6.45, 7) is 0.282. The van der Waals surface area contributed by atoms with E-state index >= 15 is 0 Å². The van der Waals surface area contributed by atoms with Crippen molar-refractivity contribution in [3.63, 3.8) is 0 Å². The van der Waals surface area contributed by atoms with Gasteiger partial charge in [-0.1, -0.05) is 11.6 Å². The zero-order valence-electron chi connectivity index (χ0n) is 11.4. The van der Waals surface area contributed by atoms with Crippen LogP contribution >= 0.6 is 11.6 Å². The highest BCUT2D eigenvalue weighted by atomic mass is 35.5. The van der Waals surface area contributed by atoms with Gasteiger partial charge in [0.25, 0.3) is 11.6 Å². The summed E-state index contributed by atoms with van der Waals surface area (Å²) in [6, 6.07) is 1.20. The Bertz CT molecular complexity index is 700. The predicted molar refractivity (Wildman–Crippen MR) is 74.9 cm³/mol. The van der Waals surface area contributed by atoms with Gasteiger partial charge in [-0.3, -0.25) is 19.6 Å². The molecule has 0 aromatic carbocycles. The van der Waals surface area contributed by atoms with Gasteiger partial charge in [0, 0.05) is 32.4 Å². The van der Waals surface area contributed by atoms with Gasteiger partial charge >= 0.3 is 0 Å². The predicted octanol–water partition coefficient (Wildman–Crippen LogP) is 1.65.